The number of rotatable bonds is 8. The fourth-order valence-electron chi connectivity index (χ4n) is 4.28. The molecular formula is C18H37NO. The van der Waals surface area contributed by atoms with Crippen LogP contribution in [0, 0.1) is 11.8 Å². The third-order valence-corrected chi connectivity index (χ3v) is 4.84. The zero-order chi connectivity index (χ0) is 15.4. The van der Waals surface area contributed by atoms with E-state index in [1.165, 1.54) is 32.1 Å². The molecule has 20 heavy (non-hydrogen) atoms. The lowest BCUT2D eigenvalue weighted by molar-refractivity contribution is -0.0798. The van der Waals surface area contributed by atoms with E-state index in [0.717, 1.165) is 12.5 Å². The number of hydrogen-bond acceptors (Lipinski definition) is 2. The molecule has 2 atom stereocenters. The molecule has 0 saturated carbocycles. The first-order valence-corrected chi connectivity index (χ1v) is 8.71. The van der Waals surface area contributed by atoms with Crippen molar-refractivity contribution in [2.24, 2.45) is 11.8 Å². The third kappa shape index (κ3) is 4.46. The lowest BCUT2D eigenvalue weighted by atomic mass is 9.74. The molecule has 2 heteroatoms. The van der Waals surface area contributed by atoms with Crippen LogP contribution in [-0.4, -0.2) is 23.8 Å². The van der Waals surface area contributed by atoms with Gasteiger partial charge >= 0.3 is 0 Å². The van der Waals surface area contributed by atoms with Gasteiger partial charge < -0.3 is 10.1 Å². The highest BCUT2D eigenvalue weighted by Gasteiger charge is 2.50. The Kier molecular flexibility index (Phi) is 6.53. The summed E-state index contributed by atoms with van der Waals surface area (Å²) in [5.41, 5.74) is 0.000880. The highest BCUT2D eigenvalue weighted by Crippen LogP contribution is 2.45. The molecule has 1 heterocycles. The van der Waals surface area contributed by atoms with Crippen LogP contribution in [0.5, 0.6) is 0 Å². The Hall–Kier alpha value is -0.0800. The van der Waals surface area contributed by atoms with Crippen molar-refractivity contribution in [2.75, 3.05) is 6.54 Å². The lowest BCUT2D eigenvalue weighted by Crippen LogP contribution is -2.48. The Morgan fingerprint density at radius 1 is 1.05 bits per heavy atom. The van der Waals surface area contributed by atoms with Crippen molar-refractivity contribution < 1.29 is 4.74 Å². The van der Waals surface area contributed by atoms with Crippen molar-refractivity contribution in [2.45, 2.75) is 97.8 Å². The van der Waals surface area contributed by atoms with Crippen LogP contribution in [0.4, 0.5) is 0 Å². The van der Waals surface area contributed by atoms with Gasteiger partial charge in [0.05, 0.1) is 11.2 Å². The van der Waals surface area contributed by atoms with E-state index in [1.807, 2.05) is 0 Å². The van der Waals surface area contributed by atoms with E-state index in [2.05, 4.69) is 53.8 Å². The van der Waals surface area contributed by atoms with Gasteiger partial charge in [0, 0.05) is 12.0 Å². The van der Waals surface area contributed by atoms with Crippen LogP contribution in [0.3, 0.4) is 0 Å². The summed E-state index contributed by atoms with van der Waals surface area (Å²) >= 11 is 0. The maximum absolute atomic E-state index is 6.34. The summed E-state index contributed by atoms with van der Waals surface area (Å²) in [5, 5.41) is 3.81. The molecule has 1 aliphatic rings. The van der Waals surface area contributed by atoms with E-state index in [0.29, 0.717) is 12.0 Å². The normalized spacial score (nSPS) is 26.1. The Bertz CT molecular complexity index is 279. The smallest absolute Gasteiger partial charge is 0.0677 e. The molecule has 1 fully saturated rings. The van der Waals surface area contributed by atoms with Crippen LogP contribution in [0.15, 0.2) is 0 Å². The average Bonchev–Trinajstić information content (AvgIpc) is 2.54. The molecule has 0 spiro atoms. The van der Waals surface area contributed by atoms with Crippen LogP contribution in [0.25, 0.3) is 0 Å². The van der Waals surface area contributed by atoms with Crippen molar-refractivity contribution in [3.05, 3.63) is 0 Å². The van der Waals surface area contributed by atoms with Gasteiger partial charge in [-0.3, -0.25) is 0 Å². The predicted molar refractivity (Wildman–Crippen MR) is 88.1 cm³/mol. The monoisotopic (exact) mass is 283 g/mol. The second-order valence-electron chi connectivity index (χ2n) is 7.70. The fourth-order valence-corrected chi connectivity index (χ4v) is 4.28. The van der Waals surface area contributed by atoms with Crippen molar-refractivity contribution in [1.29, 1.82) is 0 Å². The van der Waals surface area contributed by atoms with Crippen molar-refractivity contribution in [1.82, 2.24) is 5.32 Å². The SMILES string of the molecule is CCCC(CCC)C(NCC)C1CC(C)(C)OC1(C)C. The first-order valence-electron chi connectivity index (χ1n) is 8.71. The minimum Gasteiger partial charge on any atom is -0.369 e. The van der Waals surface area contributed by atoms with Crippen LogP contribution < -0.4 is 5.32 Å². The van der Waals surface area contributed by atoms with Crippen molar-refractivity contribution >= 4 is 0 Å². The summed E-state index contributed by atoms with van der Waals surface area (Å²) in [6.45, 7) is 17.0. The molecule has 1 aliphatic heterocycles. The molecule has 0 aliphatic carbocycles. The van der Waals surface area contributed by atoms with E-state index in [4.69, 9.17) is 4.74 Å². The van der Waals surface area contributed by atoms with Gasteiger partial charge in [-0.15, -0.1) is 0 Å². The van der Waals surface area contributed by atoms with Crippen molar-refractivity contribution in [3.63, 3.8) is 0 Å². The quantitative estimate of drug-likeness (QED) is 0.692. The molecule has 120 valence electrons. The van der Waals surface area contributed by atoms with Gasteiger partial charge in [0.25, 0.3) is 0 Å². The predicted octanol–water partition coefficient (Wildman–Crippen LogP) is 4.77. The van der Waals surface area contributed by atoms with Crippen LogP contribution in [-0.2, 0) is 4.74 Å². The largest absolute Gasteiger partial charge is 0.369 e. The summed E-state index contributed by atoms with van der Waals surface area (Å²) in [4.78, 5) is 0. The fraction of sp³-hybridized carbons (Fsp3) is 1.00. The van der Waals surface area contributed by atoms with E-state index in [-0.39, 0.29) is 11.2 Å². The first-order chi connectivity index (χ1) is 9.27. The molecule has 2 nitrogen and oxygen atoms in total. The van der Waals surface area contributed by atoms with Gasteiger partial charge in [0.15, 0.2) is 0 Å². The second kappa shape index (κ2) is 7.26. The number of hydrogen-bond donors (Lipinski definition) is 1. The summed E-state index contributed by atoms with van der Waals surface area (Å²) < 4.78 is 6.34. The average molecular weight is 284 g/mol. The molecular weight excluding hydrogens is 246 g/mol. The molecule has 1 saturated heterocycles. The minimum atomic E-state index is -0.0178. The van der Waals surface area contributed by atoms with Gasteiger partial charge in [0.2, 0.25) is 0 Å². The topological polar surface area (TPSA) is 21.3 Å². The summed E-state index contributed by atoms with van der Waals surface area (Å²) in [5.74, 6) is 1.40. The molecule has 0 radical (unpaired) electrons. The van der Waals surface area contributed by atoms with Crippen LogP contribution in [0.2, 0.25) is 0 Å². The van der Waals surface area contributed by atoms with Gasteiger partial charge in [-0.2, -0.15) is 0 Å². The van der Waals surface area contributed by atoms with E-state index in [1.54, 1.807) is 0 Å². The van der Waals surface area contributed by atoms with E-state index in [9.17, 15) is 0 Å². The van der Waals surface area contributed by atoms with Gasteiger partial charge in [-0.05, 0) is 59.4 Å². The highest BCUT2D eigenvalue weighted by atomic mass is 16.5. The standard InChI is InChI=1S/C18H37NO/c1-8-11-14(12-9-2)16(19-10-3)15-13-17(4,5)20-18(15,6)7/h14-16,19H,8-13H2,1-7H3. The molecule has 2 unspecified atom stereocenters. The lowest BCUT2D eigenvalue weighted by Gasteiger charge is -2.38. The van der Waals surface area contributed by atoms with Gasteiger partial charge in [-0.1, -0.05) is 33.6 Å². The van der Waals surface area contributed by atoms with E-state index < -0.39 is 0 Å². The molecule has 1 N–H and O–H groups in total. The maximum Gasteiger partial charge on any atom is 0.0677 e. The zero-order valence-electron chi connectivity index (χ0n) is 14.9. The van der Waals surface area contributed by atoms with Crippen LogP contribution in [0.1, 0.15) is 80.6 Å². The van der Waals surface area contributed by atoms with Crippen LogP contribution >= 0.6 is 0 Å². The molecule has 0 amide bonds. The van der Waals surface area contributed by atoms with Gasteiger partial charge in [-0.25, -0.2) is 0 Å². The van der Waals surface area contributed by atoms with Gasteiger partial charge in [0.1, 0.15) is 0 Å². The van der Waals surface area contributed by atoms with E-state index >= 15 is 0 Å². The summed E-state index contributed by atoms with van der Waals surface area (Å²) in [6, 6.07) is 0.594. The maximum atomic E-state index is 6.34. The molecule has 0 aromatic rings. The Morgan fingerprint density at radius 3 is 1.95 bits per heavy atom. The number of nitrogens with one attached hydrogen (secondary N) is 1. The zero-order valence-corrected chi connectivity index (χ0v) is 14.9. The molecule has 0 bridgehead atoms. The first kappa shape index (κ1) is 18.0. The highest BCUT2D eigenvalue weighted by molar-refractivity contribution is 5.01. The summed E-state index contributed by atoms with van der Waals surface area (Å²) in [6.07, 6.45) is 6.40. The second-order valence-corrected chi connectivity index (χ2v) is 7.70. The van der Waals surface area contributed by atoms with Crippen molar-refractivity contribution in [3.8, 4) is 0 Å². The number of ether oxygens (including phenoxy) is 1. The Balaban J connectivity index is 2.93. The Morgan fingerprint density at radius 2 is 1.60 bits per heavy atom. The molecule has 1 rings (SSSR count). The Labute approximate surface area is 127 Å². The minimum absolute atomic E-state index is 0.0178. The summed E-state index contributed by atoms with van der Waals surface area (Å²) in [7, 11) is 0. The molecule has 0 aromatic heterocycles. The third-order valence-electron chi connectivity index (χ3n) is 4.84. The molecule has 0 aromatic carbocycles.